The van der Waals surface area contributed by atoms with Crippen molar-refractivity contribution in [3.05, 3.63) is 65.0 Å². The van der Waals surface area contributed by atoms with Crippen molar-refractivity contribution in [3.8, 4) is 0 Å². The number of ether oxygens (including phenoxy) is 1. The van der Waals surface area contributed by atoms with Gasteiger partial charge in [-0.2, -0.15) is 5.10 Å². The fourth-order valence-electron chi connectivity index (χ4n) is 2.47. The Kier molecular flexibility index (Phi) is 5.39. The lowest BCUT2D eigenvalue weighted by atomic mass is 10.1. The number of amides is 1. The summed E-state index contributed by atoms with van der Waals surface area (Å²) in [6.45, 7) is -1.19. The number of halogens is 5. The van der Waals surface area contributed by atoms with Crippen LogP contribution in [0.15, 0.2) is 35.4 Å². The van der Waals surface area contributed by atoms with E-state index in [2.05, 4.69) is 9.84 Å². The van der Waals surface area contributed by atoms with Gasteiger partial charge in [-0.1, -0.05) is 18.2 Å². The van der Waals surface area contributed by atoms with Gasteiger partial charge in [0.05, 0.1) is 11.3 Å². The Morgan fingerprint density at radius 2 is 1.50 bits per heavy atom. The number of para-hydroxylation sites is 1. The van der Waals surface area contributed by atoms with Crippen LogP contribution in [-0.4, -0.2) is 17.6 Å². The number of rotatable bonds is 4. The van der Waals surface area contributed by atoms with Crippen LogP contribution in [0, 0.1) is 29.1 Å². The molecule has 1 amide bonds. The van der Waals surface area contributed by atoms with E-state index in [4.69, 9.17) is 0 Å². The largest absolute Gasteiger partial charge is 0.456 e. The molecule has 0 unspecified atom stereocenters. The van der Waals surface area contributed by atoms with Gasteiger partial charge in [-0.15, -0.1) is 0 Å². The van der Waals surface area contributed by atoms with E-state index in [9.17, 15) is 31.5 Å². The molecule has 0 saturated heterocycles. The van der Waals surface area contributed by atoms with Gasteiger partial charge in [0.15, 0.2) is 23.3 Å². The Morgan fingerprint density at radius 3 is 2.11 bits per heavy atom. The van der Waals surface area contributed by atoms with E-state index in [1.807, 2.05) is 0 Å². The first-order valence-electron chi connectivity index (χ1n) is 7.94. The highest BCUT2D eigenvalue weighted by molar-refractivity contribution is 6.37. The molecule has 3 rings (SSSR count). The second-order valence-electron chi connectivity index (χ2n) is 5.71. The molecular formula is C18H11F5N2O3. The smallest absolute Gasteiger partial charge is 0.354 e. The van der Waals surface area contributed by atoms with E-state index >= 15 is 0 Å². The van der Waals surface area contributed by atoms with E-state index in [-0.39, 0.29) is 24.5 Å². The molecule has 1 aliphatic heterocycles. The lowest BCUT2D eigenvalue weighted by Crippen LogP contribution is -2.35. The van der Waals surface area contributed by atoms with Crippen LogP contribution in [0.1, 0.15) is 18.4 Å². The van der Waals surface area contributed by atoms with Crippen LogP contribution in [0.5, 0.6) is 0 Å². The molecule has 0 atom stereocenters. The standard InChI is InChI=1S/C18H11F5N2O3/c19-13-10(14(20)16(22)17(23)15(13)21)8-28-18(27)11-6-7-12(26)25(24-11)9-4-2-1-3-5-9/h1-5H,6-8H2. The quantitative estimate of drug-likeness (QED) is 0.342. The number of esters is 1. The Labute approximate surface area is 155 Å². The molecule has 0 aliphatic carbocycles. The highest BCUT2D eigenvalue weighted by Crippen LogP contribution is 2.24. The number of hydrazone groups is 1. The molecule has 1 aliphatic rings. The first kappa shape index (κ1) is 19.5. The molecule has 146 valence electrons. The number of carbonyl (C=O) groups is 2. The molecule has 5 nitrogen and oxygen atoms in total. The van der Waals surface area contributed by atoms with Gasteiger partial charge in [-0.3, -0.25) is 4.79 Å². The van der Waals surface area contributed by atoms with Crippen molar-refractivity contribution in [2.24, 2.45) is 5.10 Å². The summed E-state index contributed by atoms with van der Waals surface area (Å²) in [6.07, 6.45) is -0.177. The minimum absolute atomic E-state index is 0.0780. The average Bonchev–Trinajstić information content (AvgIpc) is 2.71. The van der Waals surface area contributed by atoms with Crippen molar-refractivity contribution in [3.63, 3.8) is 0 Å². The zero-order valence-electron chi connectivity index (χ0n) is 14.0. The summed E-state index contributed by atoms with van der Waals surface area (Å²) in [5.41, 5.74) is -1.12. The van der Waals surface area contributed by atoms with E-state index in [1.165, 1.54) is 0 Å². The SMILES string of the molecule is O=C(OCc1c(F)c(F)c(F)c(F)c1F)C1=NN(c2ccccc2)C(=O)CC1. The number of nitrogens with zero attached hydrogens (tertiary/aromatic N) is 2. The van der Waals surface area contributed by atoms with Gasteiger partial charge in [-0.25, -0.2) is 31.8 Å². The maximum Gasteiger partial charge on any atom is 0.354 e. The molecule has 2 aromatic carbocycles. The Morgan fingerprint density at radius 1 is 0.929 bits per heavy atom. The summed E-state index contributed by atoms with van der Waals surface area (Å²) in [6, 6.07) is 8.15. The van der Waals surface area contributed by atoms with Crippen LogP contribution in [0.25, 0.3) is 0 Å². The van der Waals surface area contributed by atoms with Gasteiger partial charge in [-0.05, 0) is 12.1 Å². The van der Waals surface area contributed by atoms with Crippen molar-refractivity contribution in [1.29, 1.82) is 0 Å². The van der Waals surface area contributed by atoms with Gasteiger partial charge in [0.2, 0.25) is 11.7 Å². The third kappa shape index (κ3) is 3.57. The average molecular weight is 398 g/mol. The lowest BCUT2D eigenvalue weighted by Gasteiger charge is -2.22. The number of hydrogen-bond donors (Lipinski definition) is 0. The molecule has 28 heavy (non-hydrogen) atoms. The third-order valence-electron chi connectivity index (χ3n) is 3.92. The monoisotopic (exact) mass is 398 g/mol. The van der Waals surface area contributed by atoms with Gasteiger partial charge in [0.1, 0.15) is 12.3 Å². The second-order valence-corrected chi connectivity index (χ2v) is 5.71. The maximum absolute atomic E-state index is 13.6. The molecule has 2 aromatic rings. The molecule has 0 aromatic heterocycles. The summed E-state index contributed by atoms with van der Waals surface area (Å²) in [7, 11) is 0. The fourth-order valence-corrected chi connectivity index (χ4v) is 2.47. The normalized spacial score (nSPS) is 14.1. The van der Waals surface area contributed by atoms with Crippen LogP contribution >= 0.6 is 0 Å². The minimum Gasteiger partial charge on any atom is -0.456 e. The fraction of sp³-hybridized carbons (Fsp3) is 0.167. The Hall–Kier alpha value is -3.30. The molecule has 0 radical (unpaired) electrons. The van der Waals surface area contributed by atoms with Crippen LogP contribution in [0.2, 0.25) is 0 Å². The maximum atomic E-state index is 13.6. The predicted molar refractivity (Wildman–Crippen MR) is 86.6 cm³/mol. The third-order valence-corrected chi connectivity index (χ3v) is 3.92. The zero-order valence-corrected chi connectivity index (χ0v) is 14.0. The van der Waals surface area contributed by atoms with Crippen molar-refractivity contribution < 1.29 is 36.3 Å². The summed E-state index contributed by atoms with van der Waals surface area (Å²) in [5.74, 6) is -12.3. The van der Waals surface area contributed by atoms with E-state index in [1.54, 1.807) is 30.3 Å². The van der Waals surface area contributed by atoms with Gasteiger partial charge in [0, 0.05) is 12.8 Å². The molecular weight excluding hydrogens is 387 g/mol. The molecule has 10 heteroatoms. The first-order valence-corrected chi connectivity index (χ1v) is 7.94. The molecule has 0 N–H and O–H groups in total. The highest BCUT2D eigenvalue weighted by Gasteiger charge is 2.29. The lowest BCUT2D eigenvalue weighted by molar-refractivity contribution is -0.137. The van der Waals surface area contributed by atoms with Crippen molar-refractivity contribution in [1.82, 2.24) is 0 Å². The Bertz CT molecular complexity index is 950. The number of carbonyl (C=O) groups excluding carboxylic acids is 2. The van der Waals surface area contributed by atoms with E-state index in [0.717, 1.165) is 5.01 Å². The summed E-state index contributed by atoms with van der Waals surface area (Å²) in [5, 5.41) is 4.84. The number of hydrogen-bond acceptors (Lipinski definition) is 4. The molecule has 1 heterocycles. The van der Waals surface area contributed by atoms with Gasteiger partial charge >= 0.3 is 5.97 Å². The summed E-state index contributed by atoms with van der Waals surface area (Å²) < 4.78 is 71.3. The Balaban J connectivity index is 1.80. The second kappa shape index (κ2) is 7.75. The molecule has 0 fully saturated rings. The minimum atomic E-state index is -2.31. The zero-order chi connectivity index (χ0) is 20.4. The number of anilines is 1. The number of benzene rings is 2. The van der Waals surface area contributed by atoms with Crippen LogP contribution in [0.4, 0.5) is 27.6 Å². The highest BCUT2D eigenvalue weighted by atomic mass is 19.2. The van der Waals surface area contributed by atoms with Crippen LogP contribution in [0.3, 0.4) is 0 Å². The van der Waals surface area contributed by atoms with Crippen molar-refractivity contribution >= 4 is 23.3 Å². The van der Waals surface area contributed by atoms with Crippen molar-refractivity contribution in [2.45, 2.75) is 19.4 Å². The first-order chi connectivity index (χ1) is 13.3. The van der Waals surface area contributed by atoms with Gasteiger partial charge < -0.3 is 4.74 Å². The molecule has 0 saturated carbocycles. The van der Waals surface area contributed by atoms with E-state index < -0.39 is 47.2 Å². The van der Waals surface area contributed by atoms with Crippen LogP contribution in [-0.2, 0) is 20.9 Å². The predicted octanol–water partition coefficient (Wildman–Crippen LogP) is 3.61. The molecule has 0 spiro atoms. The van der Waals surface area contributed by atoms with E-state index in [0.29, 0.717) is 5.69 Å². The summed E-state index contributed by atoms with van der Waals surface area (Å²) in [4.78, 5) is 24.1. The summed E-state index contributed by atoms with van der Waals surface area (Å²) >= 11 is 0. The van der Waals surface area contributed by atoms with Crippen LogP contribution < -0.4 is 5.01 Å². The topological polar surface area (TPSA) is 59.0 Å². The molecule has 0 bridgehead atoms. The van der Waals surface area contributed by atoms with Gasteiger partial charge in [0.25, 0.3) is 0 Å². The van der Waals surface area contributed by atoms with Crippen molar-refractivity contribution in [2.75, 3.05) is 5.01 Å².